The zero-order valence-corrected chi connectivity index (χ0v) is 24.8. The zero-order chi connectivity index (χ0) is 27.5. The predicted octanol–water partition coefficient (Wildman–Crippen LogP) is 5.85. The summed E-state index contributed by atoms with van der Waals surface area (Å²) >= 11 is 12.9. The lowest BCUT2D eigenvalue weighted by molar-refractivity contribution is -0.161. The van der Waals surface area contributed by atoms with Gasteiger partial charge in [-0.15, -0.1) is 0 Å². The number of benzene rings is 1. The van der Waals surface area contributed by atoms with Crippen molar-refractivity contribution in [1.82, 2.24) is 15.1 Å². The quantitative estimate of drug-likeness (QED) is 0.317. The third-order valence-corrected chi connectivity index (χ3v) is 8.88. The van der Waals surface area contributed by atoms with Crippen LogP contribution < -0.4 is 5.32 Å². The maximum absolute atomic E-state index is 14.0. The van der Waals surface area contributed by atoms with E-state index in [1.165, 1.54) is 31.3 Å². The van der Waals surface area contributed by atoms with Gasteiger partial charge in [0.1, 0.15) is 5.60 Å². The van der Waals surface area contributed by atoms with E-state index in [-0.39, 0.29) is 30.3 Å². The van der Waals surface area contributed by atoms with E-state index < -0.39 is 11.0 Å². The summed E-state index contributed by atoms with van der Waals surface area (Å²) in [5.74, 6) is -0.428. The molecule has 1 aromatic rings. The van der Waals surface area contributed by atoms with Gasteiger partial charge in [-0.1, -0.05) is 47.8 Å². The van der Waals surface area contributed by atoms with Crippen LogP contribution in [0.15, 0.2) is 29.8 Å². The Morgan fingerprint density at radius 3 is 2.50 bits per heavy atom. The Labute approximate surface area is 238 Å². The molecule has 1 aromatic carbocycles. The maximum Gasteiger partial charge on any atom is 0.307 e. The number of carbonyl (C=O) groups is 2. The number of nitrogens with one attached hydrogen (secondary N) is 1. The van der Waals surface area contributed by atoms with Gasteiger partial charge in [-0.25, -0.2) is 0 Å². The Morgan fingerprint density at radius 2 is 1.84 bits per heavy atom. The molecule has 0 aromatic heterocycles. The van der Waals surface area contributed by atoms with Crippen molar-refractivity contribution in [2.75, 3.05) is 32.7 Å². The second kappa shape index (κ2) is 12.3. The van der Waals surface area contributed by atoms with E-state index in [2.05, 4.69) is 28.1 Å². The van der Waals surface area contributed by atoms with E-state index in [4.69, 9.17) is 27.9 Å². The van der Waals surface area contributed by atoms with Crippen LogP contribution in [0.25, 0.3) is 0 Å². The first kappa shape index (κ1) is 29.4. The second-order valence-electron chi connectivity index (χ2n) is 12.5. The highest BCUT2D eigenvalue weighted by molar-refractivity contribution is 6.35. The van der Waals surface area contributed by atoms with Crippen LogP contribution >= 0.6 is 23.2 Å². The van der Waals surface area contributed by atoms with Crippen molar-refractivity contribution in [1.29, 1.82) is 0 Å². The molecule has 2 fully saturated rings. The summed E-state index contributed by atoms with van der Waals surface area (Å²) < 4.78 is 5.69. The van der Waals surface area contributed by atoms with Gasteiger partial charge in [-0.2, -0.15) is 0 Å². The van der Waals surface area contributed by atoms with E-state index in [0.29, 0.717) is 29.7 Å². The highest BCUT2D eigenvalue weighted by Gasteiger charge is 2.52. The van der Waals surface area contributed by atoms with Gasteiger partial charge in [-0.05, 0) is 70.9 Å². The van der Waals surface area contributed by atoms with Gasteiger partial charge >= 0.3 is 5.97 Å². The largest absolute Gasteiger partial charge is 0.460 e. The molecular weight excluding hydrogens is 521 g/mol. The first-order valence-corrected chi connectivity index (χ1v) is 14.8. The number of rotatable bonds is 8. The van der Waals surface area contributed by atoms with Crippen LogP contribution in [0.1, 0.15) is 71.8 Å². The molecule has 2 aliphatic heterocycles. The number of hydrogen-bond donors (Lipinski definition) is 1. The number of allylic oxidation sites excluding steroid dienone is 1. The van der Waals surface area contributed by atoms with E-state index >= 15 is 0 Å². The van der Waals surface area contributed by atoms with Crippen molar-refractivity contribution in [3.8, 4) is 0 Å². The Balaban J connectivity index is 1.47. The van der Waals surface area contributed by atoms with E-state index in [0.717, 1.165) is 31.6 Å². The molecule has 3 aliphatic rings. The van der Waals surface area contributed by atoms with Crippen molar-refractivity contribution < 1.29 is 14.3 Å². The zero-order valence-electron chi connectivity index (χ0n) is 23.3. The minimum Gasteiger partial charge on any atom is -0.460 e. The Bertz CT molecular complexity index is 1030. The molecule has 2 saturated heterocycles. The molecule has 0 bridgehead atoms. The first-order valence-electron chi connectivity index (χ1n) is 14.0. The molecule has 4 rings (SSSR count). The van der Waals surface area contributed by atoms with Crippen LogP contribution in [-0.4, -0.2) is 66.0 Å². The molecule has 1 N–H and O–H groups in total. The fourth-order valence-corrected chi connectivity index (χ4v) is 6.73. The topological polar surface area (TPSA) is 61.9 Å². The number of halogens is 2. The number of ether oxygens (including phenoxy) is 1. The molecule has 2 heterocycles. The fourth-order valence-electron chi connectivity index (χ4n) is 6.21. The minimum atomic E-state index is -0.880. The summed E-state index contributed by atoms with van der Waals surface area (Å²) in [5, 5.41) is 4.57. The second-order valence-corrected chi connectivity index (χ2v) is 13.3. The number of amides is 1. The van der Waals surface area contributed by atoms with Crippen molar-refractivity contribution in [2.45, 2.75) is 84.4 Å². The number of nitrogens with zero attached hydrogens (tertiary/aromatic N) is 2. The van der Waals surface area contributed by atoms with Gasteiger partial charge in [0.15, 0.2) is 0 Å². The summed E-state index contributed by atoms with van der Waals surface area (Å²) in [5.41, 5.74) is 0.888. The summed E-state index contributed by atoms with van der Waals surface area (Å²) in [6, 6.07) is 5.58. The molecule has 1 amide bonds. The average Bonchev–Trinajstić information content (AvgIpc) is 3.39. The first-order chi connectivity index (χ1) is 17.9. The van der Waals surface area contributed by atoms with Crippen LogP contribution in [0.4, 0.5) is 0 Å². The average molecular weight is 565 g/mol. The number of likely N-dealkylation sites (tertiary alicyclic amines) is 2. The van der Waals surface area contributed by atoms with Crippen LogP contribution in [-0.2, 0) is 20.9 Å². The summed E-state index contributed by atoms with van der Waals surface area (Å²) in [6.45, 7) is 12.1. The smallest absolute Gasteiger partial charge is 0.307 e. The molecule has 0 radical (unpaired) electrons. The molecule has 2 unspecified atom stereocenters. The molecule has 38 heavy (non-hydrogen) atoms. The fraction of sp³-hybridized carbons (Fsp3) is 0.667. The standard InChI is InChI=1S/C30H43Cl2N3O3/c1-21-16-35(19-24-25(31)11-8-12-26(24)32)20-30(21,15-27(36)38-29(2,3)4)28(37)33-23-13-14-34(18-23)17-22-9-6-5-7-10-22/h8-9,11-12,21,23H,5-7,10,13-20H2,1-4H3,(H,33,37)/t21?,23-,30?/m0/s1. The summed E-state index contributed by atoms with van der Waals surface area (Å²) in [4.78, 5) is 31.8. The molecule has 0 spiro atoms. The van der Waals surface area contributed by atoms with Gasteiger partial charge in [0.05, 0.1) is 11.8 Å². The lowest BCUT2D eigenvalue weighted by Gasteiger charge is -2.33. The maximum atomic E-state index is 14.0. The predicted molar refractivity (Wildman–Crippen MR) is 153 cm³/mol. The van der Waals surface area contributed by atoms with Gasteiger partial charge in [0, 0.05) is 60.9 Å². The monoisotopic (exact) mass is 563 g/mol. The van der Waals surface area contributed by atoms with Crippen molar-refractivity contribution >= 4 is 35.1 Å². The molecule has 1 aliphatic carbocycles. The van der Waals surface area contributed by atoms with Crippen LogP contribution in [0.5, 0.6) is 0 Å². The Kier molecular flexibility index (Phi) is 9.50. The van der Waals surface area contributed by atoms with Gasteiger partial charge in [0.25, 0.3) is 0 Å². The van der Waals surface area contributed by atoms with Crippen LogP contribution in [0.3, 0.4) is 0 Å². The van der Waals surface area contributed by atoms with E-state index in [1.54, 1.807) is 0 Å². The van der Waals surface area contributed by atoms with Gasteiger partial charge in [-0.3, -0.25) is 19.4 Å². The molecule has 3 atom stereocenters. The molecular formula is C30H43Cl2N3O3. The van der Waals surface area contributed by atoms with E-state index in [9.17, 15) is 9.59 Å². The molecule has 6 nitrogen and oxygen atoms in total. The Hall–Kier alpha value is -1.60. The van der Waals surface area contributed by atoms with Crippen molar-refractivity contribution in [3.63, 3.8) is 0 Å². The summed E-state index contributed by atoms with van der Waals surface area (Å²) in [6.07, 6.45) is 8.31. The minimum absolute atomic E-state index is 0.0406. The Morgan fingerprint density at radius 1 is 1.11 bits per heavy atom. The SMILES string of the molecule is CC1CN(Cc2c(Cl)cccc2Cl)CC1(CC(=O)OC(C)(C)C)C(=O)N[C@H]1CCN(CC2=CCCCC2)C1. The lowest BCUT2D eigenvalue weighted by Crippen LogP contribution is -2.51. The van der Waals surface area contributed by atoms with Crippen LogP contribution in [0.2, 0.25) is 10.0 Å². The third kappa shape index (κ3) is 7.32. The number of hydrogen-bond acceptors (Lipinski definition) is 5. The normalized spacial score (nSPS) is 26.8. The van der Waals surface area contributed by atoms with Gasteiger partial charge < -0.3 is 10.1 Å². The highest BCUT2D eigenvalue weighted by Crippen LogP contribution is 2.42. The molecule has 8 heteroatoms. The molecule has 0 saturated carbocycles. The van der Waals surface area contributed by atoms with Gasteiger partial charge in [0.2, 0.25) is 5.91 Å². The third-order valence-electron chi connectivity index (χ3n) is 8.18. The van der Waals surface area contributed by atoms with Crippen molar-refractivity contribution in [3.05, 3.63) is 45.5 Å². The number of carbonyl (C=O) groups excluding carboxylic acids is 2. The lowest BCUT2D eigenvalue weighted by atomic mass is 9.75. The highest BCUT2D eigenvalue weighted by atomic mass is 35.5. The molecule has 210 valence electrons. The number of esters is 1. The van der Waals surface area contributed by atoms with E-state index in [1.807, 2.05) is 39.0 Å². The summed E-state index contributed by atoms with van der Waals surface area (Å²) in [7, 11) is 0. The van der Waals surface area contributed by atoms with Crippen molar-refractivity contribution in [2.24, 2.45) is 11.3 Å². The van der Waals surface area contributed by atoms with Crippen LogP contribution in [0, 0.1) is 11.3 Å².